The minimum absolute atomic E-state index is 0.541. The van der Waals surface area contributed by atoms with E-state index in [1.165, 1.54) is 11.3 Å². The lowest BCUT2D eigenvalue weighted by Gasteiger charge is -2.04. The zero-order valence-electron chi connectivity index (χ0n) is 6.91. The molecule has 14 heavy (non-hydrogen) atoms. The van der Waals surface area contributed by atoms with Gasteiger partial charge in [-0.05, 0) is 44.0 Å². The largest absolute Gasteiger partial charge is 0.465 e. The third-order valence-electron chi connectivity index (χ3n) is 1.75. The van der Waals surface area contributed by atoms with Gasteiger partial charge >= 0.3 is 0 Å². The number of furan rings is 1. The Morgan fingerprint density at radius 3 is 2.71 bits per heavy atom. The fraction of sp³-hybridized carbons (Fsp3) is 0.111. The molecule has 0 saturated carbocycles. The van der Waals surface area contributed by atoms with Crippen molar-refractivity contribution in [3.8, 4) is 0 Å². The van der Waals surface area contributed by atoms with Crippen LogP contribution in [0.1, 0.15) is 16.7 Å². The Balaban J connectivity index is 2.33. The third kappa shape index (κ3) is 1.95. The Morgan fingerprint density at radius 2 is 2.21 bits per heavy atom. The smallest absolute Gasteiger partial charge is 0.151 e. The second-order valence-electron chi connectivity index (χ2n) is 2.70. The molecule has 1 N–H and O–H groups in total. The first-order valence-corrected chi connectivity index (χ1v) is 6.30. The first-order chi connectivity index (χ1) is 6.68. The van der Waals surface area contributed by atoms with Gasteiger partial charge in [0, 0.05) is 14.7 Å². The quantitative estimate of drug-likeness (QED) is 0.900. The van der Waals surface area contributed by atoms with Crippen LogP contribution in [0, 0.1) is 0 Å². The van der Waals surface area contributed by atoms with E-state index >= 15 is 0 Å². The Labute approximate surface area is 102 Å². The molecule has 0 amide bonds. The number of rotatable bonds is 2. The number of halogens is 2. The van der Waals surface area contributed by atoms with E-state index in [1.807, 2.05) is 11.4 Å². The third-order valence-corrected chi connectivity index (χ3v) is 4.15. The molecule has 0 aromatic carbocycles. The molecule has 0 aliphatic carbocycles. The van der Waals surface area contributed by atoms with Crippen LogP contribution >= 0.6 is 43.2 Å². The van der Waals surface area contributed by atoms with Gasteiger partial charge in [-0.25, -0.2) is 0 Å². The molecule has 0 aliphatic rings. The van der Waals surface area contributed by atoms with Gasteiger partial charge in [-0.1, -0.05) is 0 Å². The maximum atomic E-state index is 9.94. The SMILES string of the molecule is OC(c1cc(Br)cs1)c1occc1Br. The normalized spacial score (nSPS) is 13.1. The molecule has 2 aromatic heterocycles. The summed E-state index contributed by atoms with van der Waals surface area (Å²) in [5.74, 6) is 0.541. The van der Waals surface area contributed by atoms with Crippen LogP contribution in [0.5, 0.6) is 0 Å². The van der Waals surface area contributed by atoms with E-state index in [0.29, 0.717) is 5.76 Å². The van der Waals surface area contributed by atoms with Gasteiger partial charge in [0.15, 0.2) is 5.76 Å². The minimum Gasteiger partial charge on any atom is -0.465 e. The van der Waals surface area contributed by atoms with Crippen molar-refractivity contribution in [3.05, 3.63) is 43.4 Å². The average Bonchev–Trinajstić information content (AvgIpc) is 2.73. The number of aliphatic hydroxyl groups is 1. The van der Waals surface area contributed by atoms with E-state index in [2.05, 4.69) is 31.9 Å². The molecule has 74 valence electrons. The van der Waals surface area contributed by atoms with E-state index in [9.17, 15) is 5.11 Å². The molecule has 2 aromatic rings. The molecule has 2 nitrogen and oxygen atoms in total. The van der Waals surface area contributed by atoms with Crippen LogP contribution in [0.2, 0.25) is 0 Å². The first kappa shape index (κ1) is 10.4. The van der Waals surface area contributed by atoms with E-state index in [-0.39, 0.29) is 0 Å². The standard InChI is InChI=1S/C9H6Br2O2S/c10-5-3-7(14-4-5)8(12)9-6(11)1-2-13-9/h1-4,8,12H. The average molecular weight is 338 g/mol. The predicted octanol–water partition coefficient (Wildman–Crippen LogP) is 3.95. The lowest BCUT2D eigenvalue weighted by molar-refractivity contribution is 0.192. The molecule has 5 heteroatoms. The van der Waals surface area contributed by atoms with Gasteiger partial charge in [-0.2, -0.15) is 0 Å². The molecule has 1 atom stereocenters. The maximum absolute atomic E-state index is 9.94. The second-order valence-corrected chi connectivity index (χ2v) is 5.42. The summed E-state index contributed by atoms with van der Waals surface area (Å²) in [6, 6.07) is 3.64. The number of thiophene rings is 1. The van der Waals surface area contributed by atoms with Crippen LogP contribution in [-0.2, 0) is 0 Å². The van der Waals surface area contributed by atoms with E-state index < -0.39 is 6.10 Å². The molecule has 0 aliphatic heterocycles. The molecule has 2 heterocycles. The maximum Gasteiger partial charge on any atom is 0.151 e. The van der Waals surface area contributed by atoms with Gasteiger partial charge < -0.3 is 9.52 Å². The van der Waals surface area contributed by atoms with Crippen molar-refractivity contribution in [2.45, 2.75) is 6.10 Å². The second kappa shape index (κ2) is 4.18. The van der Waals surface area contributed by atoms with Gasteiger partial charge in [0.1, 0.15) is 6.10 Å². The molecule has 0 radical (unpaired) electrons. The molecule has 0 spiro atoms. The van der Waals surface area contributed by atoms with E-state index in [1.54, 1.807) is 12.3 Å². The van der Waals surface area contributed by atoms with Gasteiger partial charge in [-0.15, -0.1) is 11.3 Å². The summed E-state index contributed by atoms with van der Waals surface area (Å²) in [7, 11) is 0. The summed E-state index contributed by atoms with van der Waals surface area (Å²) >= 11 is 8.14. The highest BCUT2D eigenvalue weighted by Crippen LogP contribution is 2.33. The summed E-state index contributed by atoms with van der Waals surface area (Å²) in [4.78, 5) is 0.854. The van der Waals surface area contributed by atoms with Gasteiger partial charge in [-0.3, -0.25) is 0 Å². The van der Waals surface area contributed by atoms with Gasteiger partial charge in [0.2, 0.25) is 0 Å². The fourth-order valence-corrected chi connectivity index (χ4v) is 2.95. The molecule has 0 fully saturated rings. The Morgan fingerprint density at radius 1 is 1.43 bits per heavy atom. The highest BCUT2D eigenvalue weighted by Gasteiger charge is 2.18. The summed E-state index contributed by atoms with van der Waals surface area (Å²) in [6.07, 6.45) is 0.848. The predicted molar refractivity (Wildman–Crippen MR) is 62.5 cm³/mol. The summed E-state index contributed by atoms with van der Waals surface area (Å²) in [5.41, 5.74) is 0. The van der Waals surface area contributed by atoms with Crippen LogP contribution in [0.4, 0.5) is 0 Å². The first-order valence-electron chi connectivity index (χ1n) is 3.83. The highest BCUT2D eigenvalue weighted by atomic mass is 79.9. The van der Waals surface area contributed by atoms with Crippen LogP contribution in [0.15, 0.2) is 37.1 Å². The minimum atomic E-state index is -0.698. The van der Waals surface area contributed by atoms with Crippen molar-refractivity contribution in [2.75, 3.05) is 0 Å². The zero-order valence-corrected chi connectivity index (χ0v) is 10.9. The van der Waals surface area contributed by atoms with Crippen LogP contribution in [0.25, 0.3) is 0 Å². The Hall–Kier alpha value is -0.100. The molecule has 0 bridgehead atoms. The zero-order chi connectivity index (χ0) is 10.1. The lowest BCUT2D eigenvalue weighted by atomic mass is 10.2. The molecule has 2 rings (SSSR count). The van der Waals surface area contributed by atoms with Crippen molar-refractivity contribution in [3.63, 3.8) is 0 Å². The van der Waals surface area contributed by atoms with Crippen LogP contribution < -0.4 is 0 Å². The van der Waals surface area contributed by atoms with E-state index in [4.69, 9.17) is 4.42 Å². The summed E-state index contributed by atoms with van der Waals surface area (Å²) < 4.78 is 6.94. The van der Waals surface area contributed by atoms with Gasteiger partial charge in [0.25, 0.3) is 0 Å². The highest BCUT2D eigenvalue weighted by molar-refractivity contribution is 9.10. The van der Waals surface area contributed by atoms with Crippen molar-refractivity contribution >= 4 is 43.2 Å². The van der Waals surface area contributed by atoms with Gasteiger partial charge in [0.05, 0.1) is 10.7 Å². The monoisotopic (exact) mass is 336 g/mol. The number of aliphatic hydroxyl groups excluding tert-OH is 1. The van der Waals surface area contributed by atoms with Crippen molar-refractivity contribution in [2.24, 2.45) is 0 Å². The topological polar surface area (TPSA) is 33.4 Å². The summed E-state index contributed by atoms with van der Waals surface area (Å²) in [6.45, 7) is 0. The number of hydrogen-bond donors (Lipinski definition) is 1. The van der Waals surface area contributed by atoms with Crippen molar-refractivity contribution in [1.29, 1.82) is 0 Å². The molecular weight excluding hydrogens is 332 g/mol. The fourth-order valence-electron chi connectivity index (χ4n) is 1.10. The molecule has 1 unspecified atom stereocenters. The molecule has 0 saturated heterocycles. The summed E-state index contributed by atoms with van der Waals surface area (Å²) in [5, 5.41) is 11.9. The van der Waals surface area contributed by atoms with E-state index in [0.717, 1.165) is 13.8 Å². The Bertz CT molecular complexity index is 435. The van der Waals surface area contributed by atoms with Crippen molar-refractivity contribution < 1.29 is 9.52 Å². The van der Waals surface area contributed by atoms with Crippen molar-refractivity contribution in [1.82, 2.24) is 0 Å². The number of hydrogen-bond acceptors (Lipinski definition) is 3. The molecular formula is C9H6Br2O2S. The van der Waals surface area contributed by atoms with Crippen LogP contribution in [0.3, 0.4) is 0 Å². The van der Waals surface area contributed by atoms with Crippen LogP contribution in [-0.4, -0.2) is 5.11 Å². The Kier molecular flexibility index (Phi) is 3.11. The lowest BCUT2D eigenvalue weighted by Crippen LogP contribution is -1.95.